The van der Waals surface area contributed by atoms with Gasteiger partial charge in [-0.25, -0.2) is 4.79 Å². The van der Waals surface area contributed by atoms with Crippen molar-refractivity contribution >= 4 is 28.9 Å². The molecule has 1 unspecified atom stereocenters. The van der Waals surface area contributed by atoms with Crippen molar-refractivity contribution in [3.63, 3.8) is 0 Å². The van der Waals surface area contributed by atoms with Gasteiger partial charge in [0.1, 0.15) is 0 Å². The van der Waals surface area contributed by atoms with Gasteiger partial charge in [-0.3, -0.25) is 14.9 Å². The Kier molecular flexibility index (Phi) is 6.76. The third-order valence-corrected chi connectivity index (χ3v) is 5.14. The number of amides is 1. The predicted molar refractivity (Wildman–Crippen MR) is 111 cm³/mol. The highest BCUT2D eigenvalue weighted by atomic mass is 32.1. The molecule has 9 heteroatoms. The number of esters is 1. The van der Waals surface area contributed by atoms with Gasteiger partial charge < -0.3 is 14.8 Å². The molecule has 0 aliphatic rings. The predicted octanol–water partition coefficient (Wildman–Crippen LogP) is 3.73. The molecule has 0 radical (unpaired) electrons. The molecule has 0 spiro atoms. The first kappa shape index (κ1) is 21.0. The molecule has 0 saturated heterocycles. The smallest absolute Gasteiger partial charge is 0.338 e. The molecule has 154 valence electrons. The molecule has 2 aromatic carbocycles. The highest BCUT2D eigenvalue weighted by Gasteiger charge is 2.22. The van der Waals surface area contributed by atoms with Crippen LogP contribution in [0.3, 0.4) is 0 Å². The Hall–Kier alpha value is -3.72. The van der Waals surface area contributed by atoms with E-state index in [1.807, 2.05) is 47.8 Å². The number of rotatable bonds is 8. The van der Waals surface area contributed by atoms with E-state index in [0.29, 0.717) is 0 Å². The van der Waals surface area contributed by atoms with Crippen molar-refractivity contribution < 1.29 is 24.0 Å². The van der Waals surface area contributed by atoms with Crippen LogP contribution in [0.25, 0.3) is 0 Å². The van der Waals surface area contributed by atoms with Crippen molar-refractivity contribution in [2.75, 3.05) is 13.7 Å². The number of benzene rings is 2. The molecule has 1 N–H and O–H groups in total. The average molecular weight is 426 g/mol. The summed E-state index contributed by atoms with van der Waals surface area (Å²) in [6.45, 7) is -0.423. The number of nitro groups is 1. The van der Waals surface area contributed by atoms with Crippen molar-refractivity contribution in [2.24, 2.45) is 0 Å². The number of hydrogen-bond acceptors (Lipinski definition) is 7. The highest BCUT2D eigenvalue weighted by Crippen LogP contribution is 2.29. The summed E-state index contributed by atoms with van der Waals surface area (Å²) in [4.78, 5) is 35.7. The van der Waals surface area contributed by atoms with E-state index in [2.05, 4.69) is 10.1 Å². The number of hydrogen-bond donors (Lipinski definition) is 1. The number of nitrogens with one attached hydrogen (secondary N) is 1. The van der Waals surface area contributed by atoms with Crippen LogP contribution in [0, 0.1) is 10.1 Å². The van der Waals surface area contributed by atoms with Crippen LogP contribution in [-0.2, 0) is 9.53 Å². The summed E-state index contributed by atoms with van der Waals surface area (Å²) in [5, 5.41) is 16.1. The van der Waals surface area contributed by atoms with Crippen LogP contribution in [0.15, 0.2) is 66.0 Å². The topological polar surface area (TPSA) is 108 Å². The zero-order chi connectivity index (χ0) is 21.5. The second-order valence-corrected chi connectivity index (χ2v) is 7.13. The number of ether oxygens (including phenoxy) is 2. The van der Waals surface area contributed by atoms with E-state index in [-0.39, 0.29) is 17.4 Å². The van der Waals surface area contributed by atoms with Gasteiger partial charge in [-0.15, -0.1) is 11.3 Å². The SMILES string of the molecule is COC(=O)c1ccc(OCC(=O)NC(c2ccccc2)c2cccs2)c([N+](=O)[O-])c1. The Labute approximate surface area is 176 Å². The van der Waals surface area contributed by atoms with Crippen LogP contribution >= 0.6 is 11.3 Å². The zero-order valence-corrected chi connectivity index (χ0v) is 16.8. The minimum Gasteiger partial charge on any atom is -0.477 e. The van der Waals surface area contributed by atoms with E-state index in [4.69, 9.17) is 4.74 Å². The Morgan fingerprint density at radius 1 is 1.13 bits per heavy atom. The fourth-order valence-corrected chi connectivity index (χ4v) is 3.60. The summed E-state index contributed by atoms with van der Waals surface area (Å²) in [5.74, 6) is -1.26. The van der Waals surface area contributed by atoms with Crippen LogP contribution in [0.2, 0.25) is 0 Å². The summed E-state index contributed by atoms with van der Waals surface area (Å²) < 4.78 is 9.95. The standard InChI is InChI=1S/C21H18N2O6S/c1-28-21(25)15-9-10-17(16(12-15)23(26)27)29-13-19(24)22-20(18-8-5-11-30-18)14-6-3-2-4-7-14/h2-12,20H,13H2,1H3,(H,22,24). The molecular formula is C21H18N2O6S. The molecule has 1 atom stereocenters. The molecule has 0 aliphatic heterocycles. The molecule has 1 heterocycles. The van der Waals surface area contributed by atoms with Crippen LogP contribution in [0.1, 0.15) is 26.8 Å². The second kappa shape index (κ2) is 9.66. The van der Waals surface area contributed by atoms with Crippen LogP contribution < -0.4 is 10.1 Å². The van der Waals surface area contributed by atoms with Crippen molar-refractivity contribution in [2.45, 2.75) is 6.04 Å². The zero-order valence-electron chi connectivity index (χ0n) is 15.9. The summed E-state index contributed by atoms with van der Waals surface area (Å²) in [7, 11) is 1.18. The lowest BCUT2D eigenvalue weighted by atomic mass is 10.1. The average Bonchev–Trinajstić information content (AvgIpc) is 3.30. The van der Waals surface area contributed by atoms with Crippen LogP contribution in [-0.4, -0.2) is 30.5 Å². The van der Waals surface area contributed by atoms with Gasteiger partial charge in [0.15, 0.2) is 12.4 Å². The number of carbonyl (C=O) groups excluding carboxylic acids is 2. The summed E-state index contributed by atoms with van der Waals surface area (Å²) in [6, 6.07) is 16.6. The Bertz CT molecular complexity index is 1040. The van der Waals surface area contributed by atoms with Gasteiger partial charge in [0.25, 0.3) is 5.91 Å². The molecule has 0 fully saturated rings. The quantitative estimate of drug-likeness (QED) is 0.334. The molecule has 0 saturated carbocycles. The van der Waals surface area contributed by atoms with E-state index < -0.39 is 29.1 Å². The minimum atomic E-state index is -0.705. The fourth-order valence-electron chi connectivity index (χ4n) is 2.79. The van der Waals surface area contributed by atoms with Crippen molar-refractivity contribution in [3.05, 3.63) is 92.2 Å². The third kappa shape index (κ3) is 5.00. The van der Waals surface area contributed by atoms with Crippen molar-refractivity contribution in [1.29, 1.82) is 0 Å². The first-order valence-corrected chi connectivity index (χ1v) is 9.75. The molecule has 30 heavy (non-hydrogen) atoms. The number of nitrogens with zero attached hydrogens (tertiary/aromatic N) is 1. The molecule has 1 aromatic heterocycles. The van der Waals surface area contributed by atoms with E-state index in [1.54, 1.807) is 0 Å². The maximum absolute atomic E-state index is 12.5. The maximum atomic E-state index is 12.5. The number of nitro benzene ring substituents is 1. The molecule has 1 amide bonds. The van der Waals surface area contributed by atoms with Gasteiger partial charge in [0, 0.05) is 10.9 Å². The van der Waals surface area contributed by atoms with Gasteiger partial charge in [-0.05, 0) is 29.1 Å². The number of thiophene rings is 1. The molecule has 8 nitrogen and oxygen atoms in total. The molecule has 3 rings (SSSR count). The lowest BCUT2D eigenvalue weighted by Crippen LogP contribution is -2.33. The van der Waals surface area contributed by atoms with E-state index in [9.17, 15) is 19.7 Å². The van der Waals surface area contributed by atoms with Crippen molar-refractivity contribution in [3.8, 4) is 5.75 Å². The maximum Gasteiger partial charge on any atom is 0.338 e. The lowest BCUT2D eigenvalue weighted by Gasteiger charge is -2.18. The summed E-state index contributed by atoms with van der Waals surface area (Å²) in [6.07, 6.45) is 0. The van der Waals surface area contributed by atoms with Gasteiger partial charge >= 0.3 is 11.7 Å². The van der Waals surface area contributed by atoms with E-state index in [0.717, 1.165) is 16.5 Å². The normalized spacial score (nSPS) is 11.4. The molecular weight excluding hydrogens is 408 g/mol. The summed E-state index contributed by atoms with van der Waals surface area (Å²) in [5.41, 5.74) is 0.494. The Morgan fingerprint density at radius 3 is 2.53 bits per heavy atom. The van der Waals surface area contributed by atoms with Crippen LogP contribution in [0.5, 0.6) is 5.75 Å². The number of methoxy groups -OCH3 is 1. The molecule has 0 aliphatic carbocycles. The van der Waals surface area contributed by atoms with E-state index >= 15 is 0 Å². The van der Waals surface area contributed by atoms with Gasteiger partial charge in [-0.1, -0.05) is 36.4 Å². The van der Waals surface area contributed by atoms with E-state index in [1.165, 1.54) is 30.6 Å². The summed E-state index contributed by atoms with van der Waals surface area (Å²) >= 11 is 1.51. The lowest BCUT2D eigenvalue weighted by molar-refractivity contribution is -0.385. The first-order chi connectivity index (χ1) is 14.5. The number of carbonyl (C=O) groups is 2. The highest BCUT2D eigenvalue weighted by molar-refractivity contribution is 7.10. The first-order valence-electron chi connectivity index (χ1n) is 8.87. The van der Waals surface area contributed by atoms with Gasteiger partial charge in [0.2, 0.25) is 0 Å². The third-order valence-electron chi connectivity index (χ3n) is 4.20. The largest absolute Gasteiger partial charge is 0.477 e. The van der Waals surface area contributed by atoms with Gasteiger partial charge in [0.05, 0.1) is 23.6 Å². The van der Waals surface area contributed by atoms with Gasteiger partial charge in [-0.2, -0.15) is 0 Å². The molecule has 0 bridgehead atoms. The fraction of sp³-hybridized carbons (Fsp3) is 0.143. The minimum absolute atomic E-state index is 0.0165. The van der Waals surface area contributed by atoms with Crippen molar-refractivity contribution in [1.82, 2.24) is 5.32 Å². The second-order valence-electron chi connectivity index (χ2n) is 6.15. The monoisotopic (exact) mass is 426 g/mol. The molecule has 3 aromatic rings. The van der Waals surface area contributed by atoms with Crippen LogP contribution in [0.4, 0.5) is 5.69 Å². The Balaban J connectivity index is 1.73. The Morgan fingerprint density at radius 2 is 1.90 bits per heavy atom.